The van der Waals surface area contributed by atoms with E-state index in [4.69, 9.17) is 0 Å². The zero-order valence-corrected chi connectivity index (χ0v) is 14.4. The topological polar surface area (TPSA) is 3.88 Å². The van der Waals surface area contributed by atoms with E-state index in [1.54, 1.807) is 11.1 Å². The zero-order valence-electron chi connectivity index (χ0n) is 14.4. The van der Waals surface area contributed by atoms with Gasteiger partial charge in [0.15, 0.2) is 12.7 Å². The first kappa shape index (κ1) is 14.9. The highest BCUT2D eigenvalue weighted by Crippen LogP contribution is 2.34. The van der Waals surface area contributed by atoms with E-state index in [0.29, 0.717) is 0 Å². The summed E-state index contributed by atoms with van der Waals surface area (Å²) in [4.78, 5) is 0. The van der Waals surface area contributed by atoms with Gasteiger partial charge in [0, 0.05) is 17.2 Å². The lowest BCUT2D eigenvalue weighted by atomic mass is 9.88. The Morgan fingerprint density at radius 2 is 1.87 bits per heavy atom. The monoisotopic (exact) mass is 306 g/mol. The second kappa shape index (κ2) is 6.47. The summed E-state index contributed by atoms with van der Waals surface area (Å²) in [7, 11) is 0. The summed E-state index contributed by atoms with van der Waals surface area (Å²) in [6.07, 6.45) is 14.2. The minimum atomic E-state index is 1.07. The average Bonchev–Trinajstić information content (AvgIpc) is 2.97. The fraction of sp³-hybridized carbons (Fsp3) is 0.500. The molecule has 1 aliphatic carbocycles. The van der Waals surface area contributed by atoms with Crippen LogP contribution in [0.25, 0.3) is 11.3 Å². The molecule has 2 heterocycles. The third-order valence-electron chi connectivity index (χ3n) is 5.62. The van der Waals surface area contributed by atoms with E-state index in [0.717, 1.165) is 6.54 Å². The molecule has 0 spiro atoms. The Morgan fingerprint density at radius 1 is 0.957 bits per heavy atom. The van der Waals surface area contributed by atoms with E-state index in [-0.39, 0.29) is 0 Å². The SMILES string of the molecule is CCCCCCc1ccc2c(c1)C[n+]1ccc3c(c1-2)CCCC3. The smallest absolute Gasteiger partial charge is 0.194 e. The highest BCUT2D eigenvalue weighted by molar-refractivity contribution is 5.68. The molecule has 0 bridgehead atoms. The molecular formula is C22H28N+. The second-order valence-corrected chi connectivity index (χ2v) is 7.31. The fourth-order valence-corrected chi connectivity index (χ4v) is 4.36. The van der Waals surface area contributed by atoms with E-state index < -0.39 is 0 Å². The van der Waals surface area contributed by atoms with Crippen molar-refractivity contribution >= 4 is 0 Å². The maximum atomic E-state index is 2.48. The molecule has 0 amide bonds. The Labute approximate surface area is 140 Å². The number of fused-ring (bicyclic) bond motifs is 5. The Balaban J connectivity index is 1.61. The molecule has 0 N–H and O–H groups in total. The van der Waals surface area contributed by atoms with Gasteiger partial charge in [-0.25, -0.2) is 0 Å². The summed E-state index contributed by atoms with van der Waals surface area (Å²) in [5.41, 5.74) is 9.32. The average molecular weight is 306 g/mol. The van der Waals surface area contributed by atoms with Crippen molar-refractivity contribution in [2.45, 2.75) is 71.3 Å². The van der Waals surface area contributed by atoms with Crippen molar-refractivity contribution < 1.29 is 4.57 Å². The van der Waals surface area contributed by atoms with Gasteiger partial charge in [-0.1, -0.05) is 32.3 Å². The molecule has 0 atom stereocenters. The second-order valence-electron chi connectivity index (χ2n) is 7.31. The van der Waals surface area contributed by atoms with Crippen molar-refractivity contribution in [2.24, 2.45) is 0 Å². The molecular weight excluding hydrogens is 278 g/mol. The normalized spacial score (nSPS) is 15.2. The van der Waals surface area contributed by atoms with Crippen LogP contribution in [-0.4, -0.2) is 0 Å². The summed E-state index contributed by atoms with van der Waals surface area (Å²) < 4.78 is 2.48. The van der Waals surface area contributed by atoms with Crippen LogP contribution in [0.1, 0.15) is 67.7 Å². The molecule has 1 heteroatoms. The number of aryl methyl sites for hydroxylation is 2. The van der Waals surface area contributed by atoms with Crippen molar-refractivity contribution in [1.29, 1.82) is 0 Å². The Kier molecular flexibility index (Phi) is 4.20. The molecule has 120 valence electrons. The van der Waals surface area contributed by atoms with Crippen LogP contribution in [0.4, 0.5) is 0 Å². The number of nitrogens with zero attached hydrogens (tertiary/aromatic N) is 1. The maximum absolute atomic E-state index is 2.48. The van der Waals surface area contributed by atoms with Crippen LogP contribution in [0.5, 0.6) is 0 Å². The predicted octanol–water partition coefficient (Wildman–Crippen LogP) is 5.00. The highest BCUT2D eigenvalue weighted by Gasteiger charge is 2.31. The van der Waals surface area contributed by atoms with Crippen LogP contribution in [0.2, 0.25) is 0 Å². The van der Waals surface area contributed by atoms with Crippen molar-refractivity contribution in [3.05, 3.63) is 52.7 Å². The van der Waals surface area contributed by atoms with Crippen LogP contribution in [-0.2, 0) is 25.8 Å². The van der Waals surface area contributed by atoms with E-state index in [2.05, 4.69) is 42.0 Å². The van der Waals surface area contributed by atoms with Crippen LogP contribution in [0.15, 0.2) is 30.5 Å². The molecule has 1 aromatic heterocycles. The number of aromatic nitrogens is 1. The lowest BCUT2D eigenvalue weighted by Gasteiger charge is -2.15. The van der Waals surface area contributed by atoms with Crippen LogP contribution < -0.4 is 4.57 Å². The molecule has 0 fully saturated rings. The number of unbranched alkanes of at least 4 members (excludes halogenated alkanes) is 3. The number of pyridine rings is 1. The fourth-order valence-electron chi connectivity index (χ4n) is 4.36. The molecule has 23 heavy (non-hydrogen) atoms. The molecule has 4 rings (SSSR count). The molecule has 1 nitrogen and oxygen atoms in total. The van der Waals surface area contributed by atoms with E-state index in [1.165, 1.54) is 80.2 Å². The van der Waals surface area contributed by atoms with Gasteiger partial charge in [0.05, 0.1) is 5.56 Å². The third kappa shape index (κ3) is 2.82. The minimum absolute atomic E-state index is 1.07. The standard InChI is InChI=1S/C22H28N/c1-2-3-4-5-8-17-11-12-21-19(15-17)16-23-14-13-18-9-6-7-10-20(18)22(21)23/h11-15H,2-10,16H2,1H3/q+1. The number of benzene rings is 1. The Bertz CT molecular complexity index is 714. The first-order chi connectivity index (χ1) is 11.4. The van der Waals surface area contributed by atoms with Gasteiger partial charge in [-0.2, -0.15) is 4.57 Å². The van der Waals surface area contributed by atoms with E-state index in [1.807, 2.05) is 0 Å². The molecule has 0 saturated heterocycles. The maximum Gasteiger partial charge on any atom is 0.216 e. The van der Waals surface area contributed by atoms with E-state index >= 15 is 0 Å². The Morgan fingerprint density at radius 3 is 2.78 bits per heavy atom. The lowest BCUT2D eigenvalue weighted by molar-refractivity contribution is -0.672. The van der Waals surface area contributed by atoms with Gasteiger partial charge in [-0.05, 0) is 61.8 Å². The summed E-state index contributed by atoms with van der Waals surface area (Å²) in [6.45, 7) is 3.35. The molecule has 2 aliphatic rings. The van der Waals surface area contributed by atoms with Crippen LogP contribution >= 0.6 is 0 Å². The summed E-state index contributed by atoms with van der Waals surface area (Å²) in [5.74, 6) is 0. The molecule has 1 aromatic carbocycles. The quantitative estimate of drug-likeness (QED) is 0.461. The van der Waals surface area contributed by atoms with Crippen LogP contribution in [0, 0.1) is 0 Å². The number of hydrogen-bond donors (Lipinski definition) is 0. The first-order valence-electron chi connectivity index (χ1n) is 9.53. The predicted molar refractivity (Wildman–Crippen MR) is 95.7 cm³/mol. The third-order valence-corrected chi connectivity index (χ3v) is 5.62. The zero-order chi connectivity index (χ0) is 15.6. The molecule has 0 radical (unpaired) electrons. The number of rotatable bonds is 5. The lowest BCUT2D eigenvalue weighted by Crippen LogP contribution is -2.33. The van der Waals surface area contributed by atoms with Crippen LogP contribution in [0.3, 0.4) is 0 Å². The van der Waals surface area contributed by atoms with Crippen molar-refractivity contribution in [1.82, 2.24) is 0 Å². The highest BCUT2D eigenvalue weighted by atomic mass is 15.0. The van der Waals surface area contributed by atoms with E-state index in [9.17, 15) is 0 Å². The molecule has 1 aliphatic heterocycles. The summed E-state index contributed by atoms with van der Waals surface area (Å²) >= 11 is 0. The number of hydrogen-bond acceptors (Lipinski definition) is 0. The van der Waals surface area contributed by atoms with Gasteiger partial charge in [-0.3, -0.25) is 0 Å². The summed E-state index contributed by atoms with van der Waals surface area (Å²) in [6, 6.07) is 9.62. The van der Waals surface area contributed by atoms with Gasteiger partial charge in [0.1, 0.15) is 0 Å². The Hall–Kier alpha value is -1.63. The molecule has 0 saturated carbocycles. The van der Waals surface area contributed by atoms with Gasteiger partial charge in [0.25, 0.3) is 0 Å². The minimum Gasteiger partial charge on any atom is -0.194 e. The first-order valence-corrected chi connectivity index (χ1v) is 9.53. The van der Waals surface area contributed by atoms with Gasteiger partial charge >= 0.3 is 0 Å². The van der Waals surface area contributed by atoms with Gasteiger partial charge in [0.2, 0.25) is 5.69 Å². The van der Waals surface area contributed by atoms with Gasteiger partial charge < -0.3 is 0 Å². The largest absolute Gasteiger partial charge is 0.216 e. The van der Waals surface area contributed by atoms with Gasteiger partial charge in [-0.15, -0.1) is 0 Å². The van der Waals surface area contributed by atoms with Crippen molar-refractivity contribution in [2.75, 3.05) is 0 Å². The molecule has 2 aromatic rings. The van der Waals surface area contributed by atoms with Crippen molar-refractivity contribution in [3.8, 4) is 11.3 Å². The van der Waals surface area contributed by atoms with Crippen molar-refractivity contribution in [3.63, 3.8) is 0 Å². The summed E-state index contributed by atoms with van der Waals surface area (Å²) in [5, 5.41) is 0. The molecule has 0 unspecified atom stereocenters.